The maximum absolute atomic E-state index is 12.2. The number of hydrogen-bond donors (Lipinski definition) is 0. The van der Waals surface area contributed by atoms with Gasteiger partial charge in [0.1, 0.15) is 5.60 Å². The van der Waals surface area contributed by atoms with E-state index in [1.54, 1.807) is 24.1 Å². The van der Waals surface area contributed by atoms with Gasteiger partial charge in [0.25, 0.3) is 0 Å². The molecule has 0 N–H and O–H groups in total. The van der Waals surface area contributed by atoms with E-state index in [2.05, 4.69) is 4.90 Å². The van der Waals surface area contributed by atoms with Gasteiger partial charge >= 0.3 is 6.09 Å². The van der Waals surface area contributed by atoms with Gasteiger partial charge in [-0.15, -0.1) is 0 Å². The number of carbonyl (C=O) groups is 2. The van der Waals surface area contributed by atoms with Crippen molar-refractivity contribution in [2.24, 2.45) is 0 Å². The Bertz CT molecular complexity index is 533. The number of likely N-dealkylation sites (N-methyl/N-ethyl adjacent to an activating group) is 1. The number of Topliss-reactive ketones (excluding diaryl/α,β-unsaturated/α-hetero) is 1. The number of ether oxygens (including phenoxy) is 1. The standard InChI is InChI=1S/C17H26N2O4/c1-17(2,3)23-16(21)18(4)13-7-5-9-19(11-13)12-14(20)15-8-6-10-22-15/h6,8,10,13H,5,7,9,11-12H2,1-4H3/t13-/m0/s1. The van der Waals surface area contributed by atoms with Crippen LogP contribution in [0.2, 0.25) is 0 Å². The lowest BCUT2D eigenvalue weighted by Crippen LogP contribution is -2.50. The molecule has 0 unspecified atom stereocenters. The van der Waals surface area contributed by atoms with E-state index in [9.17, 15) is 9.59 Å². The lowest BCUT2D eigenvalue weighted by Gasteiger charge is -2.37. The van der Waals surface area contributed by atoms with Crippen LogP contribution < -0.4 is 0 Å². The van der Waals surface area contributed by atoms with Crippen LogP contribution in [0.15, 0.2) is 22.8 Å². The lowest BCUT2D eigenvalue weighted by molar-refractivity contribution is 0.0138. The summed E-state index contributed by atoms with van der Waals surface area (Å²) in [7, 11) is 1.76. The molecule has 1 aromatic heterocycles. The number of piperidine rings is 1. The van der Waals surface area contributed by atoms with Crippen molar-refractivity contribution in [3.05, 3.63) is 24.2 Å². The van der Waals surface area contributed by atoms with Gasteiger partial charge in [-0.3, -0.25) is 9.69 Å². The van der Waals surface area contributed by atoms with Crippen molar-refractivity contribution in [3.8, 4) is 0 Å². The Hall–Kier alpha value is -1.82. The fourth-order valence-corrected chi connectivity index (χ4v) is 2.69. The molecular formula is C17H26N2O4. The number of likely N-dealkylation sites (tertiary alicyclic amines) is 1. The van der Waals surface area contributed by atoms with Crippen LogP contribution in [0, 0.1) is 0 Å². The third kappa shape index (κ3) is 5.10. The second kappa shape index (κ2) is 7.17. The van der Waals surface area contributed by atoms with E-state index in [0.29, 0.717) is 18.8 Å². The van der Waals surface area contributed by atoms with Crippen molar-refractivity contribution >= 4 is 11.9 Å². The van der Waals surface area contributed by atoms with Crippen molar-refractivity contribution in [1.29, 1.82) is 0 Å². The normalized spacial score (nSPS) is 19.4. The lowest BCUT2D eigenvalue weighted by atomic mass is 10.0. The molecule has 1 saturated heterocycles. The van der Waals surface area contributed by atoms with Gasteiger partial charge in [0.15, 0.2) is 5.76 Å². The van der Waals surface area contributed by atoms with Crippen LogP contribution in [0.5, 0.6) is 0 Å². The summed E-state index contributed by atoms with van der Waals surface area (Å²) in [5.41, 5.74) is -0.505. The molecule has 1 aliphatic heterocycles. The molecule has 2 rings (SSSR count). The largest absolute Gasteiger partial charge is 0.461 e. The summed E-state index contributed by atoms with van der Waals surface area (Å²) in [5.74, 6) is 0.350. The van der Waals surface area contributed by atoms with E-state index >= 15 is 0 Å². The molecule has 0 radical (unpaired) electrons. The molecule has 0 aromatic carbocycles. The summed E-state index contributed by atoms with van der Waals surface area (Å²) in [5, 5.41) is 0. The number of hydrogen-bond acceptors (Lipinski definition) is 5. The monoisotopic (exact) mass is 322 g/mol. The van der Waals surface area contributed by atoms with Crippen molar-refractivity contribution in [2.75, 3.05) is 26.7 Å². The first kappa shape index (κ1) is 17.5. The highest BCUT2D eigenvalue weighted by molar-refractivity contribution is 5.95. The maximum atomic E-state index is 12.2. The average molecular weight is 322 g/mol. The minimum Gasteiger partial charge on any atom is -0.461 e. The number of rotatable bonds is 4. The fraction of sp³-hybridized carbons (Fsp3) is 0.647. The van der Waals surface area contributed by atoms with E-state index < -0.39 is 5.60 Å². The maximum Gasteiger partial charge on any atom is 0.410 e. The minimum atomic E-state index is -0.505. The zero-order valence-corrected chi connectivity index (χ0v) is 14.4. The van der Waals surface area contributed by atoms with E-state index in [-0.39, 0.29) is 17.9 Å². The fourth-order valence-electron chi connectivity index (χ4n) is 2.69. The summed E-state index contributed by atoms with van der Waals surface area (Å²) in [6.45, 7) is 7.40. The molecule has 23 heavy (non-hydrogen) atoms. The SMILES string of the molecule is CN(C(=O)OC(C)(C)C)[C@H]1CCCN(CC(=O)c2ccco2)C1. The van der Waals surface area contributed by atoms with Crippen LogP contribution in [0.3, 0.4) is 0 Å². The number of amides is 1. The van der Waals surface area contributed by atoms with E-state index in [0.717, 1.165) is 19.4 Å². The predicted octanol–water partition coefficient (Wildman–Crippen LogP) is 2.79. The van der Waals surface area contributed by atoms with Gasteiger partial charge in [-0.2, -0.15) is 0 Å². The first-order valence-electron chi connectivity index (χ1n) is 8.01. The van der Waals surface area contributed by atoms with Crippen LogP contribution in [-0.4, -0.2) is 60.0 Å². The van der Waals surface area contributed by atoms with Crippen molar-refractivity contribution in [1.82, 2.24) is 9.80 Å². The van der Waals surface area contributed by atoms with Crippen molar-refractivity contribution < 1.29 is 18.7 Å². The molecule has 2 heterocycles. The highest BCUT2D eigenvalue weighted by atomic mass is 16.6. The molecule has 1 aliphatic rings. The Labute approximate surface area is 137 Å². The highest BCUT2D eigenvalue weighted by Crippen LogP contribution is 2.18. The summed E-state index contributed by atoms with van der Waals surface area (Å²) in [6.07, 6.45) is 3.05. The van der Waals surface area contributed by atoms with Crippen molar-refractivity contribution in [3.63, 3.8) is 0 Å². The minimum absolute atomic E-state index is 0.0319. The third-order valence-corrected chi connectivity index (χ3v) is 3.87. The van der Waals surface area contributed by atoms with Crippen LogP contribution in [0.1, 0.15) is 44.2 Å². The summed E-state index contributed by atoms with van der Waals surface area (Å²) in [4.78, 5) is 28.0. The molecule has 0 spiro atoms. The molecule has 6 nitrogen and oxygen atoms in total. The molecule has 0 bridgehead atoms. The first-order chi connectivity index (χ1) is 10.8. The average Bonchev–Trinajstić information content (AvgIpc) is 2.99. The van der Waals surface area contributed by atoms with Crippen LogP contribution in [0.4, 0.5) is 4.79 Å². The molecule has 1 amide bonds. The van der Waals surface area contributed by atoms with Gasteiger partial charge in [0, 0.05) is 19.6 Å². The summed E-state index contributed by atoms with van der Waals surface area (Å²) in [6, 6.07) is 3.45. The van der Waals surface area contributed by atoms with E-state index in [1.807, 2.05) is 20.8 Å². The Kier molecular flexibility index (Phi) is 5.46. The zero-order chi connectivity index (χ0) is 17.0. The predicted molar refractivity (Wildman–Crippen MR) is 86.5 cm³/mol. The van der Waals surface area contributed by atoms with Crippen LogP contribution in [0.25, 0.3) is 0 Å². The molecule has 6 heteroatoms. The Balaban J connectivity index is 1.90. The molecule has 1 fully saturated rings. The Morgan fingerprint density at radius 1 is 1.43 bits per heavy atom. The number of nitrogens with zero attached hydrogens (tertiary/aromatic N) is 2. The molecule has 0 saturated carbocycles. The number of carbonyl (C=O) groups excluding carboxylic acids is 2. The van der Waals surface area contributed by atoms with Crippen LogP contribution >= 0.6 is 0 Å². The molecule has 1 aromatic rings. The number of ketones is 1. The van der Waals surface area contributed by atoms with Gasteiger partial charge < -0.3 is 14.1 Å². The van der Waals surface area contributed by atoms with Crippen molar-refractivity contribution in [2.45, 2.75) is 45.3 Å². The first-order valence-corrected chi connectivity index (χ1v) is 8.01. The summed E-state index contributed by atoms with van der Waals surface area (Å²) >= 11 is 0. The van der Waals surface area contributed by atoms with E-state index in [1.165, 1.54) is 6.26 Å². The molecule has 128 valence electrons. The van der Waals surface area contributed by atoms with E-state index in [4.69, 9.17) is 9.15 Å². The van der Waals surface area contributed by atoms with Gasteiger partial charge in [-0.1, -0.05) is 0 Å². The smallest absolute Gasteiger partial charge is 0.410 e. The summed E-state index contributed by atoms with van der Waals surface area (Å²) < 4.78 is 10.6. The quantitative estimate of drug-likeness (QED) is 0.798. The third-order valence-electron chi connectivity index (χ3n) is 3.87. The molecule has 1 atom stereocenters. The Morgan fingerprint density at radius 3 is 2.78 bits per heavy atom. The van der Waals surface area contributed by atoms with Gasteiger partial charge in [0.2, 0.25) is 5.78 Å². The zero-order valence-electron chi connectivity index (χ0n) is 14.4. The Morgan fingerprint density at radius 2 is 2.17 bits per heavy atom. The molecule has 0 aliphatic carbocycles. The van der Waals surface area contributed by atoms with Gasteiger partial charge in [0.05, 0.1) is 12.8 Å². The second-order valence-electron chi connectivity index (χ2n) is 7.02. The second-order valence-corrected chi connectivity index (χ2v) is 7.02. The van der Waals surface area contributed by atoms with Gasteiger partial charge in [-0.05, 0) is 52.3 Å². The number of furan rings is 1. The highest BCUT2D eigenvalue weighted by Gasteiger charge is 2.30. The molecular weight excluding hydrogens is 296 g/mol. The topological polar surface area (TPSA) is 63.0 Å². The van der Waals surface area contributed by atoms with Gasteiger partial charge in [-0.25, -0.2) is 4.79 Å². The van der Waals surface area contributed by atoms with Crippen LogP contribution in [-0.2, 0) is 4.74 Å².